The van der Waals surface area contributed by atoms with E-state index in [1.807, 2.05) is 6.07 Å². The maximum atomic E-state index is 5.79. The van der Waals surface area contributed by atoms with Crippen molar-refractivity contribution in [1.29, 1.82) is 0 Å². The molecule has 0 aliphatic carbocycles. The van der Waals surface area contributed by atoms with E-state index in [9.17, 15) is 0 Å². The van der Waals surface area contributed by atoms with Crippen LogP contribution in [0.2, 0.25) is 0 Å². The van der Waals surface area contributed by atoms with Crippen molar-refractivity contribution in [2.24, 2.45) is 5.73 Å². The summed E-state index contributed by atoms with van der Waals surface area (Å²) in [6.45, 7) is 1.15. The fourth-order valence-electron chi connectivity index (χ4n) is 2.35. The fraction of sp³-hybridized carbons (Fsp3) is 0.286. The average molecular weight is 257 g/mol. The van der Waals surface area contributed by atoms with Crippen molar-refractivity contribution in [3.63, 3.8) is 0 Å². The van der Waals surface area contributed by atoms with Crippen LogP contribution in [0.3, 0.4) is 0 Å². The van der Waals surface area contributed by atoms with E-state index in [-0.39, 0.29) is 0 Å². The van der Waals surface area contributed by atoms with Gasteiger partial charge in [0.25, 0.3) is 0 Å². The molecule has 0 saturated carbocycles. The summed E-state index contributed by atoms with van der Waals surface area (Å²) >= 11 is 0. The SMILES string of the molecule is COc1nccnc1-c1cc(CN)c2c(c1)CCO2. The predicted molar refractivity (Wildman–Crippen MR) is 71.1 cm³/mol. The van der Waals surface area contributed by atoms with Gasteiger partial charge in [-0.1, -0.05) is 0 Å². The molecule has 0 amide bonds. The molecule has 1 aliphatic rings. The van der Waals surface area contributed by atoms with Gasteiger partial charge in [-0.25, -0.2) is 9.97 Å². The highest BCUT2D eigenvalue weighted by Gasteiger charge is 2.19. The molecule has 2 heterocycles. The van der Waals surface area contributed by atoms with Gasteiger partial charge in [0.2, 0.25) is 5.88 Å². The Hall–Kier alpha value is -2.14. The summed E-state index contributed by atoms with van der Waals surface area (Å²) < 4.78 is 10.9. The summed E-state index contributed by atoms with van der Waals surface area (Å²) in [5, 5.41) is 0. The zero-order valence-electron chi connectivity index (χ0n) is 10.7. The zero-order valence-corrected chi connectivity index (χ0v) is 10.7. The molecule has 5 heteroatoms. The van der Waals surface area contributed by atoms with Crippen LogP contribution in [0, 0.1) is 0 Å². The molecule has 0 atom stereocenters. The lowest BCUT2D eigenvalue weighted by molar-refractivity contribution is 0.353. The number of benzene rings is 1. The van der Waals surface area contributed by atoms with Crippen molar-refractivity contribution in [2.75, 3.05) is 13.7 Å². The highest BCUT2D eigenvalue weighted by molar-refractivity contribution is 5.68. The number of ether oxygens (including phenoxy) is 2. The molecular weight excluding hydrogens is 242 g/mol. The van der Waals surface area contributed by atoms with Crippen LogP contribution in [0.5, 0.6) is 11.6 Å². The minimum atomic E-state index is 0.443. The van der Waals surface area contributed by atoms with Crippen LogP contribution in [-0.4, -0.2) is 23.7 Å². The minimum Gasteiger partial charge on any atom is -0.493 e. The first-order valence-electron chi connectivity index (χ1n) is 6.17. The summed E-state index contributed by atoms with van der Waals surface area (Å²) in [5.41, 5.74) is 9.66. The third-order valence-corrected chi connectivity index (χ3v) is 3.21. The number of aromatic nitrogens is 2. The third-order valence-electron chi connectivity index (χ3n) is 3.21. The Kier molecular flexibility index (Phi) is 3.05. The van der Waals surface area contributed by atoms with E-state index < -0.39 is 0 Å². The smallest absolute Gasteiger partial charge is 0.240 e. The van der Waals surface area contributed by atoms with Gasteiger partial charge >= 0.3 is 0 Å². The average Bonchev–Trinajstić information content (AvgIpc) is 2.94. The van der Waals surface area contributed by atoms with E-state index in [1.165, 1.54) is 5.56 Å². The molecule has 1 aromatic heterocycles. The summed E-state index contributed by atoms with van der Waals surface area (Å²) in [6, 6.07) is 4.07. The van der Waals surface area contributed by atoms with Crippen molar-refractivity contribution in [2.45, 2.75) is 13.0 Å². The van der Waals surface area contributed by atoms with Crippen LogP contribution >= 0.6 is 0 Å². The van der Waals surface area contributed by atoms with E-state index in [4.69, 9.17) is 15.2 Å². The first-order valence-corrected chi connectivity index (χ1v) is 6.17. The van der Waals surface area contributed by atoms with Gasteiger partial charge < -0.3 is 15.2 Å². The van der Waals surface area contributed by atoms with E-state index in [2.05, 4.69) is 16.0 Å². The van der Waals surface area contributed by atoms with Crippen LogP contribution in [0.25, 0.3) is 11.3 Å². The molecule has 2 aromatic rings. The van der Waals surface area contributed by atoms with E-state index in [1.54, 1.807) is 19.5 Å². The molecule has 0 fully saturated rings. The molecule has 0 bridgehead atoms. The molecule has 3 rings (SSSR count). The molecule has 0 spiro atoms. The van der Waals surface area contributed by atoms with Crippen molar-refractivity contribution in [3.05, 3.63) is 35.7 Å². The molecule has 0 radical (unpaired) electrons. The Balaban J connectivity index is 2.15. The van der Waals surface area contributed by atoms with Crippen molar-refractivity contribution in [1.82, 2.24) is 9.97 Å². The van der Waals surface area contributed by atoms with Gasteiger partial charge in [0, 0.05) is 36.5 Å². The monoisotopic (exact) mass is 257 g/mol. The highest BCUT2D eigenvalue weighted by atomic mass is 16.5. The van der Waals surface area contributed by atoms with Gasteiger partial charge in [0.15, 0.2) is 0 Å². The van der Waals surface area contributed by atoms with Crippen LogP contribution in [0.4, 0.5) is 0 Å². The second kappa shape index (κ2) is 4.85. The number of hydrogen-bond acceptors (Lipinski definition) is 5. The topological polar surface area (TPSA) is 70.3 Å². The number of fused-ring (bicyclic) bond motifs is 1. The maximum Gasteiger partial charge on any atom is 0.240 e. The number of rotatable bonds is 3. The van der Waals surface area contributed by atoms with Gasteiger partial charge in [-0.3, -0.25) is 0 Å². The number of nitrogens with zero attached hydrogens (tertiary/aromatic N) is 2. The van der Waals surface area contributed by atoms with E-state index >= 15 is 0 Å². The van der Waals surface area contributed by atoms with Gasteiger partial charge in [0.05, 0.1) is 13.7 Å². The van der Waals surface area contributed by atoms with Crippen molar-refractivity contribution in [3.8, 4) is 22.9 Å². The molecular formula is C14H15N3O2. The van der Waals surface area contributed by atoms with Gasteiger partial charge in [-0.05, 0) is 17.7 Å². The number of methoxy groups -OCH3 is 1. The molecule has 2 N–H and O–H groups in total. The standard InChI is InChI=1S/C14H15N3O2/c1-18-14-12(16-3-4-17-14)10-6-9-2-5-19-13(9)11(7-10)8-15/h3-4,6-7H,2,5,8,15H2,1H3. The van der Waals surface area contributed by atoms with Crippen molar-refractivity contribution < 1.29 is 9.47 Å². The minimum absolute atomic E-state index is 0.443. The fourth-order valence-corrected chi connectivity index (χ4v) is 2.35. The highest BCUT2D eigenvalue weighted by Crippen LogP contribution is 2.35. The Labute approximate surface area is 111 Å². The summed E-state index contributed by atoms with van der Waals surface area (Å²) in [5.74, 6) is 1.44. The molecule has 1 aromatic carbocycles. The largest absolute Gasteiger partial charge is 0.493 e. The first kappa shape index (κ1) is 11.9. The Morgan fingerprint density at radius 3 is 2.95 bits per heavy atom. The van der Waals surface area contributed by atoms with Gasteiger partial charge in [-0.15, -0.1) is 0 Å². The number of nitrogens with two attached hydrogens (primary N) is 1. The van der Waals surface area contributed by atoms with Crippen LogP contribution < -0.4 is 15.2 Å². The zero-order chi connectivity index (χ0) is 13.2. The summed E-state index contributed by atoms with van der Waals surface area (Å²) in [6.07, 6.45) is 4.17. The van der Waals surface area contributed by atoms with Crippen LogP contribution in [0.15, 0.2) is 24.5 Å². The summed E-state index contributed by atoms with van der Waals surface area (Å²) in [7, 11) is 1.59. The Bertz CT molecular complexity index is 614. The molecule has 98 valence electrons. The van der Waals surface area contributed by atoms with Gasteiger partial charge in [0.1, 0.15) is 11.4 Å². The Morgan fingerprint density at radius 2 is 2.16 bits per heavy atom. The quantitative estimate of drug-likeness (QED) is 0.903. The normalized spacial score (nSPS) is 12.9. The third kappa shape index (κ3) is 2.02. The Morgan fingerprint density at radius 1 is 1.32 bits per heavy atom. The summed E-state index contributed by atoms with van der Waals surface area (Å²) in [4.78, 5) is 8.53. The molecule has 5 nitrogen and oxygen atoms in total. The lowest BCUT2D eigenvalue weighted by atomic mass is 10.0. The van der Waals surface area contributed by atoms with E-state index in [0.29, 0.717) is 19.0 Å². The second-order valence-corrected chi connectivity index (χ2v) is 4.34. The first-order chi connectivity index (χ1) is 9.33. The van der Waals surface area contributed by atoms with Crippen molar-refractivity contribution >= 4 is 0 Å². The van der Waals surface area contributed by atoms with Crippen LogP contribution in [0.1, 0.15) is 11.1 Å². The molecule has 1 aliphatic heterocycles. The second-order valence-electron chi connectivity index (χ2n) is 4.34. The molecule has 19 heavy (non-hydrogen) atoms. The van der Waals surface area contributed by atoms with E-state index in [0.717, 1.165) is 29.0 Å². The maximum absolute atomic E-state index is 5.79. The molecule has 0 saturated heterocycles. The lowest BCUT2D eigenvalue weighted by Crippen LogP contribution is -2.01. The van der Waals surface area contributed by atoms with Crippen LogP contribution in [-0.2, 0) is 13.0 Å². The predicted octanol–water partition coefficient (Wildman–Crippen LogP) is 1.55. The van der Waals surface area contributed by atoms with Gasteiger partial charge in [-0.2, -0.15) is 0 Å². The number of hydrogen-bond donors (Lipinski definition) is 1. The molecule has 0 unspecified atom stereocenters. The lowest BCUT2D eigenvalue weighted by Gasteiger charge is -2.11.